The normalized spacial score (nSPS) is 17.2. The highest BCUT2D eigenvalue weighted by Crippen LogP contribution is 2.42. The molecule has 2 aromatic carbocycles. The molecule has 0 bridgehead atoms. The summed E-state index contributed by atoms with van der Waals surface area (Å²) in [7, 11) is 1.77. The van der Waals surface area contributed by atoms with Crippen molar-refractivity contribution >= 4 is 41.2 Å². The first kappa shape index (κ1) is 22.2. The molecule has 0 atom stereocenters. The van der Waals surface area contributed by atoms with E-state index in [9.17, 15) is 9.59 Å². The molecule has 2 amide bonds. The molecule has 7 heteroatoms. The van der Waals surface area contributed by atoms with E-state index in [4.69, 9.17) is 0 Å². The number of benzene rings is 2. The molecule has 172 valence electrons. The summed E-state index contributed by atoms with van der Waals surface area (Å²) in [5, 5.41) is 0. The van der Waals surface area contributed by atoms with Gasteiger partial charge in [0.2, 0.25) is 0 Å². The van der Waals surface area contributed by atoms with Crippen LogP contribution in [-0.4, -0.2) is 54.9 Å². The third-order valence-electron chi connectivity index (χ3n) is 6.18. The van der Waals surface area contributed by atoms with Gasteiger partial charge < -0.3 is 14.7 Å². The van der Waals surface area contributed by atoms with E-state index in [-0.39, 0.29) is 11.8 Å². The smallest absolute Gasteiger partial charge is 0.264 e. The molecule has 1 saturated heterocycles. The van der Waals surface area contributed by atoms with Crippen LogP contribution in [0.2, 0.25) is 0 Å². The van der Waals surface area contributed by atoms with Gasteiger partial charge in [0.25, 0.3) is 11.8 Å². The number of piperazine rings is 1. The number of carbonyl (C=O) groups is 2. The van der Waals surface area contributed by atoms with Crippen LogP contribution in [0.5, 0.6) is 0 Å². The lowest BCUT2D eigenvalue weighted by molar-refractivity contribution is -0.114. The molecule has 0 saturated carbocycles. The third-order valence-corrected chi connectivity index (χ3v) is 7.26. The topological polar surface area (TPSA) is 56.8 Å². The number of thioether (sulfide) groups is 1. The number of pyridine rings is 1. The minimum atomic E-state index is -0.0624. The van der Waals surface area contributed by atoms with Crippen molar-refractivity contribution in [3.8, 4) is 0 Å². The number of nitrogens with zero attached hydrogens (tertiary/aromatic N) is 4. The van der Waals surface area contributed by atoms with Crippen LogP contribution in [-0.2, 0) is 4.79 Å². The standard InChI is InChI=1S/C27H26N4O2S/c1-19-6-5-7-20(16-19)17-24-27(33)29(2)22-18-21(9-10-23(22)34-24)26(32)31-14-12-30(13-15-31)25-8-3-4-11-28-25/h3-11,16-18H,12-15H2,1-2H3. The number of fused-ring (bicyclic) bond motifs is 1. The molecule has 2 aliphatic heterocycles. The molecule has 34 heavy (non-hydrogen) atoms. The van der Waals surface area contributed by atoms with Crippen LogP contribution in [0, 0.1) is 6.92 Å². The second kappa shape index (κ2) is 9.35. The van der Waals surface area contributed by atoms with E-state index in [1.165, 1.54) is 11.8 Å². The van der Waals surface area contributed by atoms with Crippen molar-refractivity contribution in [1.29, 1.82) is 0 Å². The van der Waals surface area contributed by atoms with E-state index in [0.717, 1.165) is 40.6 Å². The number of aromatic nitrogens is 1. The molecule has 6 nitrogen and oxygen atoms in total. The van der Waals surface area contributed by atoms with Crippen LogP contribution in [0.1, 0.15) is 21.5 Å². The number of anilines is 2. The first-order chi connectivity index (χ1) is 16.5. The predicted molar refractivity (Wildman–Crippen MR) is 137 cm³/mol. The van der Waals surface area contributed by atoms with Crippen LogP contribution < -0.4 is 9.80 Å². The Morgan fingerprint density at radius 1 is 1.00 bits per heavy atom. The van der Waals surface area contributed by atoms with Crippen LogP contribution in [0.25, 0.3) is 6.08 Å². The average molecular weight is 471 g/mol. The number of carbonyl (C=O) groups excluding carboxylic acids is 2. The van der Waals surface area contributed by atoms with Gasteiger partial charge in [-0.25, -0.2) is 4.98 Å². The van der Waals surface area contributed by atoms with Crippen molar-refractivity contribution < 1.29 is 9.59 Å². The monoisotopic (exact) mass is 470 g/mol. The Morgan fingerprint density at radius 3 is 2.56 bits per heavy atom. The maximum atomic E-state index is 13.2. The van der Waals surface area contributed by atoms with E-state index >= 15 is 0 Å². The van der Waals surface area contributed by atoms with Gasteiger partial charge in [0, 0.05) is 49.9 Å². The number of likely N-dealkylation sites (N-methyl/N-ethyl adjacent to an activating group) is 1. The van der Waals surface area contributed by atoms with Crippen molar-refractivity contribution in [2.24, 2.45) is 0 Å². The largest absolute Gasteiger partial charge is 0.353 e. The van der Waals surface area contributed by atoms with Gasteiger partial charge >= 0.3 is 0 Å². The summed E-state index contributed by atoms with van der Waals surface area (Å²) in [4.78, 5) is 38.1. The highest BCUT2D eigenvalue weighted by atomic mass is 32.2. The predicted octanol–water partition coefficient (Wildman–Crippen LogP) is 4.46. The molecule has 1 fully saturated rings. The van der Waals surface area contributed by atoms with Crippen LogP contribution in [0.3, 0.4) is 0 Å². The molecular weight excluding hydrogens is 444 g/mol. The number of aryl methyl sites for hydroxylation is 1. The number of hydrogen-bond donors (Lipinski definition) is 0. The van der Waals surface area contributed by atoms with Crippen LogP contribution in [0.4, 0.5) is 11.5 Å². The molecule has 0 N–H and O–H groups in total. The lowest BCUT2D eigenvalue weighted by Gasteiger charge is -2.35. The van der Waals surface area contributed by atoms with Crippen molar-refractivity contribution in [3.63, 3.8) is 0 Å². The molecule has 0 spiro atoms. The van der Waals surface area contributed by atoms with Gasteiger partial charge in [0.1, 0.15) is 5.82 Å². The van der Waals surface area contributed by atoms with E-state index in [1.54, 1.807) is 18.1 Å². The number of hydrogen-bond acceptors (Lipinski definition) is 5. The van der Waals surface area contributed by atoms with Gasteiger partial charge in [0.05, 0.1) is 10.6 Å². The Morgan fingerprint density at radius 2 is 1.82 bits per heavy atom. The molecule has 3 heterocycles. The summed E-state index contributed by atoms with van der Waals surface area (Å²) in [6.07, 6.45) is 3.72. The zero-order chi connectivity index (χ0) is 23.7. The van der Waals surface area contributed by atoms with Crippen LogP contribution >= 0.6 is 11.8 Å². The van der Waals surface area contributed by atoms with E-state index < -0.39 is 0 Å². The Labute approximate surface area is 203 Å². The SMILES string of the molecule is Cc1cccc(C=C2Sc3ccc(C(=O)N4CCN(c5ccccn5)CC4)cc3N(C)C2=O)c1. The quantitative estimate of drug-likeness (QED) is 0.529. The fourth-order valence-corrected chi connectivity index (χ4v) is 5.39. The van der Waals surface area contributed by atoms with Gasteiger partial charge in [0.15, 0.2) is 0 Å². The van der Waals surface area contributed by atoms with Crippen molar-refractivity contribution in [2.75, 3.05) is 43.0 Å². The van der Waals surface area contributed by atoms with E-state index in [0.29, 0.717) is 23.6 Å². The minimum Gasteiger partial charge on any atom is -0.353 e. The Balaban J connectivity index is 1.32. The molecule has 0 aliphatic carbocycles. The van der Waals surface area contributed by atoms with E-state index in [2.05, 4.69) is 16.0 Å². The second-order valence-corrected chi connectivity index (χ2v) is 9.62. The third kappa shape index (κ3) is 4.43. The summed E-state index contributed by atoms with van der Waals surface area (Å²) < 4.78 is 0. The zero-order valence-corrected chi connectivity index (χ0v) is 20.1. The summed E-state index contributed by atoms with van der Waals surface area (Å²) >= 11 is 1.45. The van der Waals surface area contributed by atoms with Gasteiger partial charge in [-0.15, -0.1) is 0 Å². The van der Waals surface area contributed by atoms with Gasteiger partial charge in [-0.3, -0.25) is 9.59 Å². The molecule has 0 unspecified atom stereocenters. The summed E-state index contributed by atoms with van der Waals surface area (Å²) in [6, 6.07) is 19.6. The first-order valence-electron chi connectivity index (χ1n) is 11.3. The lowest BCUT2D eigenvalue weighted by atomic mass is 10.1. The summed E-state index contributed by atoms with van der Waals surface area (Å²) in [5.74, 6) is 0.873. The maximum absolute atomic E-state index is 13.2. The summed E-state index contributed by atoms with van der Waals surface area (Å²) in [5.41, 5.74) is 3.54. The minimum absolute atomic E-state index is 0.00424. The van der Waals surface area contributed by atoms with Crippen molar-refractivity contribution in [2.45, 2.75) is 11.8 Å². The number of rotatable bonds is 3. The molecule has 3 aromatic rings. The Hall–Kier alpha value is -3.58. The van der Waals surface area contributed by atoms with Gasteiger partial charge in [-0.1, -0.05) is 47.7 Å². The molecule has 1 aromatic heterocycles. The average Bonchev–Trinajstić information content (AvgIpc) is 2.87. The number of amides is 2. The lowest BCUT2D eigenvalue weighted by Crippen LogP contribution is -2.49. The fourth-order valence-electron chi connectivity index (χ4n) is 4.30. The molecule has 0 radical (unpaired) electrons. The zero-order valence-electron chi connectivity index (χ0n) is 19.3. The first-order valence-corrected chi connectivity index (χ1v) is 12.1. The second-order valence-electron chi connectivity index (χ2n) is 8.54. The van der Waals surface area contributed by atoms with Gasteiger partial charge in [-0.2, -0.15) is 0 Å². The molecular formula is C27H26N4O2S. The molecule has 2 aliphatic rings. The Kier molecular flexibility index (Phi) is 6.11. The van der Waals surface area contributed by atoms with E-state index in [1.807, 2.05) is 72.5 Å². The maximum Gasteiger partial charge on any atom is 0.264 e. The summed E-state index contributed by atoms with van der Waals surface area (Å²) in [6.45, 7) is 4.80. The molecule has 5 rings (SSSR count). The van der Waals surface area contributed by atoms with Gasteiger partial charge in [-0.05, 0) is 48.9 Å². The Bertz CT molecular complexity index is 1270. The highest BCUT2D eigenvalue weighted by molar-refractivity contribution is 8.04. The van der Waals surface area contributed by atoms with Crippen LogP contribution in [0.15, 0.2) is 76.7 Å². The fraction of sp³-hybridized carbons (Fsp3) is 0.222. The van der Waals surface area contributed by atoms with Crippen molar-refractivity contribution in [1.82, 2.24) is 9.88 Å². The highest BCUT2D eigenvalue weighted by Gasteiger charge is 2.29. The van der Waals surface area contributed by atoms with Crippen molar-refractivity contribution in [3.05, 3.63) is 88.5 Å².